The van der Waals surface area contributed by atoms with E-state index in [4.69, 9.17) is 16.3 Å². The van der Waals surface area contributed by atoms with Gasteiger partial charge < -0.3 is 15.2 Å². The molecule has 0 spiro atoms. The van der Waals surface area contributed by atoms with Crippen molar-refractivity contribution in [2.75, 3.05) is 19.7 Å². The summed E-state index contributed by atoms with van der Waals surface area (Å²) in [6, 6.07) is 4.69. The maximum absolute atomic E-state index is 13.8. The van der Waals surface area contributed by atoms with Gasteiger partial charge in [0.05, 0.1) is 17.7 Å². The zero-order valence-corrected chi connectivity index (χ0v) is 14.6. The van der Waals surface area contributed by atoms with Crippen LogP contribution in [0.15, 0.2) is 30.4 Å². The maximum Gasteiger partial charge on any atom is 0.186 e. The number of benzene rings is 1. The first kappa shape index (κ1) is 19.1. The number of carbonyl (C=O) groups is 1. The molecule has 2 N–H and O–H groups in total. The van der Waals surface area contributed by atoms with Gasteiger partial charge in [-0.05, 0) is 44.0 Å². The zero-order chi connectivity index (χ0) is 17.7. The van der Waals surface area contributed by atoms with Crippen LogP contribution in [0.1, 0.15) is 31.9 Å². The van der Waals surface area contributed by atoms with Crippen LogP contribution in [0.3, 0.4) is 0 Å². The Morgan fingerprint density at radius 3 is 2.96 bits per heavy atom. The summed E-state index contributed by atoms with van der Waals surface area (Å²) in [5, 5.41) is 13.0. The van der Waals surface area contributed by atoms with E-state index >= 15 is 0 Å². The fourth-order valence-electron chi connectivity index (χ4n) is 2.61. The smallest absolute Gasteiger partial charge is 0.186 e. The summed E-state index contributed by atoms with van der Waals surface area (Å²) in [5.41, 5.74) is -0.652. The van der Waals surface area contributed by atoms with E-state index in [1.165, 1.54) is 32.1 Å². The SMILES string of the molecule is CC(C)(O)C(=O)/C=C\C[C@@H]1CNCCO[C@H]1c1ccc(Cl)c(F)c1. The van der Waals surface area contributed by atoms with Crippen molar-refractivity contribution >= 4 is 17.4 Å². The molecule has 1 fully saturated rings. The number of hydrogen-bond donors (Lipinski definition) is 2. The second kappa shape index (κ2) is 8.21. The Labute approximate surface area is 146 Å². The lowest BCUT2D eigenvalue weighted by Gasteiger charge is -2.24. The molecule has 1 aliphatic heterocycles. The molecule has 1 aromatic carbocycles. The second-order valence-electron chi connectivity index (χ2n) is 6.49. The van der Waals surface area contributed by atoms with E-state index < -0.39 is 11.4 Å². The second-order valence-corrected chi connectivity index (χ2v) is 6.90. The molecule has 1 aliphatic rings. The molecule has 0 amide bonds. The van der Waals surface area contributed by atoms with Crippen molar-refractivity contribution < 1.29 is 19.0 Å². The van der Waals surface area contributed by atoms with E-state index in [-0.39, 0.29) is 22.8 Å². The number of ether oxygens (including phenoxy) is 1. The summed E-state index contributed by atoms with van der Waals surface area (Å²) in [6.45, 7) is 4.84. The molecule has 6 heteroatoms. The fraction of sp³-hybridized carbons (Fsp3) is 0.500. The highest BCUT2D eigenvalue weighted by atomic mass is 35.5. The van der Waals surface area contributed by atoms with Crippen LogP contribution in [0.4, 0.5) is 4.39 Å². The Morgan fingerprint density at radius 2 is 2.29 bits per heavy atom. The number of allylic oxidation sites excluding steroid dienone is 1. The molecule has 24 heavy (non-hydrogen) atoms. The molecular weight excluding hydrogens is 333 g/mol. The molecule has 0 bridgehead atoms. The third-order valence-corrected chi connectivity index (χ3v) is 4.30. The van der Waals surface area contributed by atoms with Crippen LogP contribution in [-0.4, -0.2) is 36.2 Å². The molecule has 2 rings (SSSR count). The number of ketones is 1. The fourth-order valence-corrected chi connectivity index (χ4v) is 2.72. The number of carbonyl (C=O) groups excluding carboxylic acids is 1. The first-order chi connectivity index (χ1) is 11.3. The third kappa shape index (κ3) is 5.11. The van der Waals surface area contributed by atoms with Crippen molar-refractivity contribution in [1.29, 1.82) is 0 Å². The molecule has 0 radical (unpaired) electrons. The number of rotatable bonds is 5. The molecule has 132 valence electrons. The molecule has 0 aliphatic carbocycles. The monoisotopic (exact) mass is 355 g/mol. The van der Waals surface area contributed by atoms with Gasteiger partial charge >= 0.3 is 0 Å². The van der Waals surface area contributed by atoms with Crippen LogP contribution in [0.5, 0.6) is 0 Å². The molecule has 2 atom stereocenters. The maximum atomic E-state index is 13.8. The summed E-state index contributed by atoms with van der Waals surface area (Å²) in [7, 11) is 0. The third-order valence-electron chi connectivity index (χ3n) is 3.99. The van der Waals surface area contributed by atoms with Crippen molar-refractivity contribution in [3.05, 3.63) is 46.8 Å². The Kier molecular flexibility index (Phi) is 6.52. The van der Waals surface area contributed by atoms with Crippen LogP contribution < -0.4 is 5.32 Å². The number of halogens is 2. The molecule has 0 saturated carbocycles. The summed E-state index contributed by atoms with van der Waals surface area (Å²) >= 11 is 5.75. The molecule has 1 heterocycles. The first-order valence-corrected chi connectivity index (χ1v) is 8.37. The molecule has 0 aromatic heterocycles. The number of hydrogen-bond acceptors (Lipinski definition) is 4. The summed E-state index contributed by atoms with van der Waals surface area (Å²) in [5.74, 6) is -0.778. The Morgan fingerprint density at radius 1 is 1.54 bits per heavy atom. The lowest BCUT2D eigenvalue weighted by atomic mass is 9.92. The summed E-state index contributed by atoms with van der Waals surface area (Å²) < 4.78 is 19.6. The molecule has 0 unspecified atom stereocenters. The van der Waals surface area contributed by atoms with Gasteiger partial charge in [-0.1, -0.05) is 23.7 Å². The average Bonchev–Trinajstić information content (AvgIpc) is 2.74. The van der Waals surface area contributed by atoms with E-state index in [0.29, 0.717) is 19.6 Å². The van der Waals surface area contributed by atoms with Crippen LogP contribution in [0.2, 0.25) is 5.02 Å². The molecular formula is C18H23ClFNO3. The normalized spacial score (nSPS) is 22.5. The predicted octanol–water partition coefficient (Wildman–Crippen LogP) is 3.04. The lowest BCUT2D eigenvalue weighted by molar-refractivity contribution is -0.128. The lowest BCUT2D eigenvalue weighted by Crippen LogP contribution is -2.29. The van der Waals surface area contributed by atoms with Gasteiger partial charge in [-0.15, -0.1) is 0 Å². The van der Waals surface area contributed by atoms with Gasteiger partial charge in [0, 0.05) is 19.0 Å². The average molecular weight is 356 g/mol. The van der Waals surface area contributed by atoms with Gasteiger partial charge in [0.15, 0.2) is 5.78 Å². The minimum atomic E-state index is -1.38. The van der Waals surface area contributed by atoms with Crippen molar-refractivity contribution in [3.63, 3.8) is 0 Å². The highest BCUT2D eigenvalue weighted by molar-refractivity contribution is 6.30. The molecule has 1 aromatic rings. The Bertz CT molecular complexity index is 613. The first-order valence-electron chi connectivity index (χ1n) is 7.99. The van der Waals surface area contributed by atoms with Crippen molar-refractivity contribution in [3.8, 4) is 0 Å². The van der Waals surface area contributed by atoms with Gasteiger partial charge in [0.1, 0.15) is 11.4 Å². The van der Waals surface area contributed by atoms with E-state index in [9.17, 15) is 14.3 Å². The van der Waals surface area contributed by atoms with Gasteiger partial charge in [0.25, 0.3) is 0 Å². The standard InChI is InChI=1S/C18H23ClFNO3/c1-18(2,23)16(22)5-3-4-13-11-21-8-9-24-17(13)12-6-7-14(19)15(20)10-12/h3,5-7,10,13,17,21,23H,4,8-9,11H2,1-2H3/b5-3-/t13-,17+/m1/s1. The van der Waals surface area contributed by atoms with E-state index in [1.54, 1.807) is 12.1 Å². The van der Waals surface area contributed by atoms with Crippen molar-refractivity contribution in [2.45, 2.75) is 32.0 Å². The number of aliphatic hydroxyl groups is 1. The number of nitrogens with one attached hydrogen (secondary N) is 1. The van der Waals surface area contributed by atoms with E-state index in [2.05, 4.69) is 5.32 Å². The highest BCUT2D eigenvalue weighted by Crippen LogP contribution is 2.31. The van der Waals surface area contributed by atoms with Crippen LogP contribution in [-0.2, 0) is 9.53 Å². The highest BCUT2D eigenvalue weighted by Gasteiger charge is 2.26. The van der Waals surface area contributed by atoms with Crippen molar-refractivity contribution in [1.82, 2.24) is 5.32 Å². The van der Waals surface area contributed by atoms with E-state index in [0.717, 1.165) is 12.1 Å². The minimum Gasteiger partial charge on any atom is -0.382 e. The predicted molar refractivity (Wildman–Crippen MR) is 91.5 cm³/mol. The van der Waals surface area contributed by atoms with Gasteiger partial charge in [0.2, 0.25) is 0 Å². The summed E-state index contributed by atoms with van der Waals surface area (Å²) in [4.78, 5) is 11.8. The zero-order valence-electron chi connectivity index (χ0n) is 13.9. The van der Waals surface area contributed by atoms with Crippen LogP contribution >= 0.6 is 11.6 Å². The Hall–Kier alpha value is -1.27. The van der Waals surface area contributed by atoms with Gasteiger partial charge in [-0.2, -0.15) is 0 Å². The quantitative estimate of drug-likeness (QED) is 0.797. The summed E-state index contributed by atoms with van der Waals surface area (Å²) in [6.07, 6.45) is 3.42. The molecule has 1 saturated heterocycles. The van der Waals surface area contributed by atoms with Crippen LogP contribution in [0.25, 0.3) is 0 Å². The van der Waals surface area contributed by atoms with Crippen LogP contribution in [0, 0.1) is 11.7 Å². The van der Waals surface area contributed by atoms with Gasteiger partial charge in [-0.3, -0.25) is 4.79 Å². The van der Waals surface area contributed by atoms with E-state index in [1.807, 2.05) is 0 Å². The van der Waals surface area contributed by atoms with Gasteiger partial charge in [-0.25, -0.2) is 4.39 Å². The van der Waals surface area contributed by atoms with Crippen molar-refractivity contribution in [2.24, 2.45) is 5.92 Å². The molecule has 4 nitrogen and oxygen atoms in total. The minimum absolute atomic E-state index is 0.0407. The largest absolute Gasteiger partial charge is 0.382 e. The Balaban J connectivity index is 2.13. The topological polar surface area (TPSA) is 58.6 Å².